The molecule has 1 aromatic carbocycles. The Morgan fingerprint density at radius 2 is 1.96 bits per heavy atom. The number of methoxy groups -OCH3 is 1. The number of halogens is 2. The molecule has 7 heteroatoms. The minimum Gasteiger partial charge on any atom is -0.493 e. The number of hydroxylamine groups is 2. The molecule has 1 heterocycles. The maximum Gasteiger partial charge on any atom is 0.330 e. The van der Waals surface area contributed by atoms with E-state index in [2.05, 4.69) is 0 Å². The number of benzene rings is 1. The molecule has 0 atom stereocenters. The molecule has 134 valence electrons. The van der Waals surface area contributed by atoms with E-state index in [-0.39, 0.29) is 11.9 Å². The smallest absolute Gasteiger partial charge is 0.330 e. The third-order valence-electron chi connectivity index (χ3n) is 3.76. The van der Waals surface area contributed by atoms with E-state index in [1.807, 2.05) is 27.7 Å². The zero-order valence-electron chi connectivity index (χ0n) is 14.6. The highest BCUT2D eigenvalue weighted by atomic mass is 35.5. The molecule has 5 nitrogen and oxygen atoms in total. The Labute approximate surface area is 152 Å². The molecule has 0 N–H and O–H groups in total. The van der Waals surface area contributed by atoms with Crippen LogP contribution >= 0.6 is 23.2 Å². The Hall–Kier alpha value is -1.17. The van der Waals surface area contributed by atoms with Gasteiger partial charge in [0.05, 0.1) is 29.2 Å². The van der Waals surface area contributed by atoms with Crippen molar-refractivity contribution in [2.45, 2.75) is 33.6 Å². The minimum atomic E-state index is -0.543. The molecule has 1 fully saturated rings. The monoisotopic (exact) mass is 375 g/mol. The molecule has 1 aromatic rings. The van der Waals surface area contributed by atoms with Crippen LogP contribution in [0.1, 0.15) is 39.2 Å². The lowest BCUT2D eigenvalue weighted by Crippen LogP contribution is -2.47. The topological polar surface area (TPSA) is 48.0 Å². The van der Waals surface area contributed by atoms with Crippen molar-refractivity contribution in [1.82, 2.24) is 5.06 Å². The molecule has 1 saturated heterocycles. The van der Waals surface area contributed by atoms with Crippen LogP contribution in [0.15, 0.2) is 6.07 Å². The van der Waals surface area contributed by atoms with Gasteiger partial charge in [-0.05, 0) is 27.7 Å². The van der Waals surface area contributed by atoms with Gasteiger partial charge in [-0.2, -0.15) is 0 Å². The van der Waals surface area contributed by atoms with Crippen LogP contribution in [0.25, 0.3) is 0 Å². The number of ether oxygens (including phenoxy) is 2. The average molecular weight is 376 g/mol. The number of hydrogen-bond donors (Lipinski definition) is 0. The van der Waals surface area contributed by atoms with Gasteiger partial charge in [0.1, 0.15) is 0 Å². The van der Waals surface area contributed by atoms with E-state index in [1.165, 1.54) is 0 Å². The summed E-state index contributed by atoms with van der Waals surface area (Å²) in [6.45, 7) is 8.90. The number of hydrogen-bond acceptors (Lipinski definition) is 5. The second kappa shape index (κ2) is 7.38. The molecule has 2 rings (SSSR count). The highest BCUT2D eigenvalue weighted by molar-refractivity contribution is 6.42. The summed E-state index contributed by atoms with van der Waals surface area (Å²) in [5.41, 5.74) is 0.247. The first-order valence-corrected chi connectivity index (χ1v) is 8.60. The molecule has 1 aliphatic heterocycles. The van der Waals surface area contributed by atoms with E-state index < -0.39 is 5.41 Å². The normalized spacial score (nSPS) is 15.8. The van der Waals surface area contributed by atoms with E-state index in [0.29, 0.717) is 41.2 Å². The van der Waals surface area contributed by atoms with Crippen molar-refractivity contribution in [3.8, 4) is 11.5 Å². The number of rotatable bonds is 5. The van der Waals surface area contributed by atoms with Gasteiger partial charge in [-0.1, -0.05) is 23.2 Å². The van der Waals surface area contributed by atoms with Crippen molar-refractivity contribution in [2.75, 3.05) is 26.8 Å². The lowest BCUT2D eigenvalue weighted by Gasteiger charge is -2.39. The van der Waals surface area contributed by atoms with Crippen LogP contribution in [0.3, 0.4) is 0 Å². The van der Waals surface area contributed by atoms with Crippen LogP contribution in [0.5, 0.6) is 11.5 Å². The number of carbonyl (C=O) groups is 1. The van der Waals surface area contributed by atoms with Gasteiger partial charge in [0.2, 0.25) is 0 Å². The second-order valence-corrected chi connectivity index (χ2v) is 7.51. The largest absolute Gasteiger partial charge is 0.493 e. The summed E-state index contributed by atoms with van der Waals surface area (Å²) in [6.07, 6.45) is 0. The highest BCUT2D eigenvalue weighted by Gasteiger charge is 2.38. The van der Waals surface area contributed by atoms with Gasteiger partial charge in [-0.25, -0.2) is 4.79 Å². The highest BCUT2D eigenvalue weighted by Crippen LogP contribution is 2.47. The molecule has 0 saturated carbocycles. The quantitative estimate of drug-likeness (QED) is 0.767. The van der Waals surface area contributed by atoms with E-state index in [4.69, 9.17) is 37.5 Å². The fourth-order valence-corrected chi connectivity index (χ4v) is 2.89. The summed E-state index contributed by atoms with van der Waals surface area (Å²) in [5, 5.41) is 2.49. The van der Waals surface area contributed by atoms with Crippen LogP contribution in [-0.4, -0.2) is 37.8 Å². The number of carbonyl (C=O) groups excluding carboxylic acids is 1. The first kappa shape index (κ1) is 19.2. The lowest BCUT2D eigenvalue weighted by molar-refractivity contribution is -0.220. The van der Waals surface area contributed by atoms with Gasteiger partial charge in [0, 0.05) is 30.6 Å². The average Bonchev–Trinajstić information content (AvgIpc) is 2.45. The molecule has 0 spiro atoms. The molecule has 0 unspecified atom stereocenters. The van der Waals surface area contributed by atoms with Crippen molar-refractivity contribution in [3.63, 3.8) is 0 Å². The van der Waals surface area contributed by atoms with E-state index in [0.717, 1.165) is 5.56 Å². The van der Waals surface area contributed by atoms with Gasteiger partial charge >= 0.3 is 5.97 Å². The summed E-state index contributed by atoms with van der Waals surface area (Å²) in [4.78, 5) is 17.3. The summed E-state index contributed by atoms with van der Waals surface area (Å²) in [5.74, 6) is 0.936. The van der Waals surface area contributed by atoms with Crippen molar-refractivity contribution < 1.29 is 19.1 Å². The molecule has 0 amide bonds. The van der Waals surface area contributed by atoms with Crippen LogP contribution in [-0.2, 0) is 9.63 Å². The number of nitrogens with zero attached hydrogens (tertiary/aromatic N) is 1. The maximum atomic E-state index is 11.9. The lowest BCUT2D eigenvalue weighted by atomic mass is 9.91. The molecule has 0 bridgehead atoms. The Morgan fingerprint density at radius 3 is 2.46 bits per heavy atom. The fraction of sp³-hybridized carbons (Fsp3) is 0.588. The van der Waals surface area contributed by atoms with Crippen molar-refractivity contribution in [1.29, 1.82) is 0 Å². The van der Waals surface area contributed by atoms with Crippen molar-refractivity contribution >= 4 is 29.2 Å². The van der Waals surface area contributed by atoms with Crippen LogP contribution in [0, 0.1) is 5.41 Å². The van der Waals surface area contributed by atoms with E-state index in [1.54, 1.807) is 18.2 Å². The molecule has 24 heavy (non-hydrogen) atoms. The molecule has 1 aliphatic rings. The van der Waals surface area contributed by atoms with Gasteiger partial charge < -0.3 is 14.3 Å². The molecule has 0 aliphatic carbocycles. The van der Waals surface area contributed by atoms with Crippen molar-refractivity contribution in [2.24, 2.45) is 5.41 Å². The standard InChI is InChI=1S/C17H23Cl2NO4/c1-6-23-12-7-11(18)14(19)13(15(12)22-5)10-8-20(9-10)24-16(21)17(2,3)4/h7,10H,6,8-9H2,1-5H3. The van der Waals surface area contributed by atoms with E-state index in [9.17, 15) is 4.79 Å². The van der Waals surface area contributed by atoms with Crippen LogP contribution < -0.4 is 9.47 Å². The van der Waals surface area contributed by atoms with Crippen LogP contribution in [0.4, 0.5) is 0 Å². The molecular formula is C17H23Cl2NO4. The zero-order valence-corrected chi connectivity index (χ0v) is 16.1. The SMILES string of the molecule is CCOc1cc(Cl)c(Cl)c(C2CN(OC(=O)C(C)(C)C)C2)c1OC. The molecule has 0 aromatic heterocycles. The van der Waals surface area contributed by atoms with Gasteiger partial charge in [-0.15, -0.1) is 5.06 Å². The summed E-state index contributed by atoms with van der Waals surface area (Å²) < 4.78 is 11.1. The van der Waals surface area contributed by atoms with Gasteiger partial charge in [0.15, 0.2) is 11.5 Å². The molecule has 0 radical (unpaired) electrons. The predicted molar refractivity (Wildman–Crippen MR) is 94.0 cm³/mol. The first-order chi connectivity index (χ1) is 11.2. The Balaban J connectivity index is 2.18. The van der Waals surface area contributed by atoms with Gasteiger partial charge in [0.25, 0.3) is 0 Å². The summed E-state index contributed by atoms with van der Waals surface area (Å²) in [6, 6.07) is 1.66. The third kappa shape index (κ3) is 3.90. The predicted octanol–water partition coefficient (Wildman–Crippen LogP) is 4.30. The van der Waals surface area contributed by atoms with Crippen molar-refractivity contribution in [3.05, 3.63) is 21.7 Å². The molecular weight excluding hydrogens is 353 g/mol. The fourth-order valence-electron chi connectivity index (χ4n) is 2.39. The maximum absolute atomic E-state index is 11.9. The Bertz CT molecular complexity index is 622. The first-order valence-electron chi connectivity index (χ1n) is 7.85. The van der Waals surface area contributed by atoms with Crippen LogP contribution in [0.2, 0.25) is 10.0 Å². The van der Waals surface area contributed by atoms with Gasteiger partial charge in [-0.3, -0.25) is 0 Å². The van der Waals surface area contributed by atoms with E-state index >= 15 is 0 Å². The Kier molecular flexibility index (Phi) is 5.89. The Morgan fingerprint density at radius 1 is 1.33 bits per heavy atom. The summed E-state index contributed by atoms with van der Waals surface area (Å²) >= 11 is 12.6. The zero-order chi connectivity index (χ0) is 18.1. The minimum absolute atomic E-state index is 0.0538. The summed E-state index contributed by atoms with van der Waals surface area (Å²) in [7, 11) is 1.57. The third-order valence-corrected chi connectivity index (χ3v) is 4.56. The second-order valence-electron chi connectivity index (χ2n) is 6.72.